The number of thiophene rings is 1. The first-order valence-electron chi connectivity index (χ1n) is 6.52. The summed E-state index contributed by atoms with van der Waals surface area (Å²) in [6.45, 7) is 2.73. The van der Waals surface area contributed by atoms with E-state index in [2.05, 4.69) is 15.9 Å². The molecule has 0 spiro atoms. The summed E-state index contributed by atoms with van der Waals surface area (Å²) in [5.41, 5.74) is 9.66. The molecule has 0 saturated carbocycles. The number of hydrogen-bond donors (Lipinski definition) is 1. The van der Waals surface area contributed by atoms with Gasteiger partial charge < -0.3 is 5.73 Å². The average molecular weight is 387 g/mol. The van der Waals surface area contributed by atoms with E-state index in [1.807, 2.05) is 25.1 Å². The van der Waals surface area contributed by atoms with Crippen molar-refractivity contribution >= 4 is 43.0 Å². The molecule has 0 radical (unpaired) electrons. The second-order valence-electron chi connectivity index (χ2n) is 5.10. The van der Waals surface area contributed by atoms with E-state index >= 15 is 0 Å². The minimum absolute atomic E-state index is 0.346. The Kier molecular flexibility index (Phi) is 3.85. The van der Waals surface area contributed by atoms with Crippen LogP contribution in [0.3, 0.4) is 0 Å². The van der Waals surface area contributed by atoms with Gasteiger partial charge in [-0.25, -0.2) is 8.42 Å². The molecular weight excluding hydrogens is 372 g/mol. The van der Waals surface area contributed by atoms with Crippen molar-refractivity contribution < 1.29 is 8.42 Å². The number of rotatable bonds is 2. The van der Waals surface area contributed by atoms with Crippen LogP contribution < -0.4 is 5.73 Å². The molecule has 7 heteroatoms. The van der Waals surface area contributed by atoms with Crippen molar-refractivity contribution in [2.24, 2.45) is 0 Å². The molecule has 2 aromatic rings. The highest BCUT2D eigenvalue weighted by molar-refractivity contribution is 9.11. The maximum absolute atomic E-state index is 12.7. The SMILES string of the molecule is Cc1cc(S(=O)(=O)N2CCc3cccc(N)c3C2)sc1Br. The molecule has 0 amide bonds. The minimum Gasteiger partial charge on any atom is -0.398 e. The lowest BCUT2D eigenvalue weighted by atomic mass is 10.00. The Morgan fingerprint density at radius 3 is 2.81 bits per heavy atom. The summed E-state index contributed by atoms with van der Waals surface area (Å²) in [4.78, 5) is 0. The minimum atomic E-state index is -3.46. The predicted molar refractivity (Wildman–Crippen MR) is 88.9 cm³/mol. The zero-order valence-corrected chi connectivity index (χ0v) is 14.7. The zero-order chi connectivity index (χ0) is 15.2. The largest absolute Gasteiger partial charge is 0.398 e. The van der Waals surface area contributed by atoms with Gasteiger partial charge in [0.2, 0.25) is 0 Å². The molecule has 1 aromatic carbocycles. The number of aryl methyl sites for hydroxylation is 1. The number of nitrogen functional groups attached to an aromatic ring is 1. The van der Waals surface area contributed by atoms with E-state index in [0.717, 1.165) is 20.5 Å². The summed E-state index contributed by atoms with van der Waals surface area (Å²) < 4.78 is 28.3. The van der Waals surface area contributed by atoms with E-state index in [-0.39, 0.29) is 0 Å². The number of fused-ring (bicyclic) bond motifs is 1. The van der Waals surface area contributed by atoms with Crippen LogP contribution in [0, 0.1) is 6.92 Å². The fourth-order valence-corrected chi connectivity index (χ4v) is 6.26. The molecule has 0 unspecified atom stereocenters. The summed E-state index contributed by atoms with van der Waals surface area (Å²) >= 11 is 4.64. The van der Waals surface area contributed by atoms with Gasteiger partial charge >= 0.3 is 0 Å². The van der Waals surface area contributed by atoms with Crippen LogP contribution in [0.5, 0.6) is 0 Å². The molecule has 21 heavy (non-hydrogen) atoms. The maximum atomic E-state index is 12.7. The van der Waals surface area contributed by atoms with Gasteiger partial charge in [0.25, 0.3) is 10.0 Å². The van der Waals surface area contributed by atoms with Gasteiger partial charge in [-0.2, -0.15) is 4.31 Å². The standard InChI is InChI=1S/C14H15BrN2O2S2/c1-9-7-13(20-14(9)15)21(18,19)17-6-5-10-3-2-4-12(16)11(10)8-17/h2-4,7H,5-6,8,16H2,1H3. The molecule has 1 aliphatic rings. The first-order chi connectivity index (χ1) is 9.89. The highest BCUT2D eigenvalue weighted by Gasteiger charge is 2.30. The van der Waals surface area contributed by atoms with E-state index in [9.17, 15) is 8.42 Å². The molecule has 2 heterocycles. The topological polar surface area (TPSA) is 63.4 Å². The van der Waals surface area contributed by atoms with Gasteiger partial charge in [-0.05, 0) is 58.1 Å². The van der Waals surface area contributed by atoms with Crippen LogP contribution in [0.4, 0.5) is 5.69 Å². The van der Waals surface area contributed by atoms with Crippen molar-refractivity contribution in [3.8, 4) is 0 Å². The third kappa shape index (κ3) is 2.63. The fraction of sp³-hybridized carbons (Fsp3) is 0.286. The highest BCUT2D eigenvalue weighted by Crippen LogP contribution is 2.34. The van der Waals surface area contributed by atoms with Gasteiger partial charge in [0.1, 0.15) is 4.21 Å². The lowest BCUT2D eigenvalue weighted by Gasteiger charge is -2.28. The van der Waals surface area contributed by atoms with E-state index in [0.29, 0.717) is 29.4 Å². The first kappa shape index (κ1) is 15.0. The number of benzene rings is 1. The monoisotopic (exact) mass is 386 g/mol. The fourth-order valence-electron chi connectivity index (χ4n) is 2.47. The van der Waals surface area contributed by atoms with E-state index in [1.54, 1.807) is 6.07 Å². The molecule has 0 saturated heterocycles. The normalized spacial score (nSPS) is 15.9. The molecule has 0 atom stereocenters. The van der Waals surface area contributed by atoms with Crippen LogP contribution in [0.15, 0.2) is 32.3 Å². The summed E-state index contributed by atoms with van der Waals surface area (Å²) in [7, 11) is -3.46. The Morgan fingerprint density at radius 1 is 1.38 bits per heavy atom. The highest BCUT2D eigenvalue weighted by atomic mass is 79.9. The number of nitrogens with zero attached hydrogens (tertiary/aromatic N) is 1. The smallest absolute Gasteiger partial charge is 0.252 e. The van der Waals surface area contributed by atoms with Crippen molar-refractivity contribution in [3.63, 3.8) is 0 Å². The Bertz CT molecular complexity index is 780. The molecule has 2 N–H and O–H groups in total. The van der Waals surface area contributed by atoms with Gasteiger partial charge in [0.05, 0.1) is 3.79 Å². The third-order valence-electron chi connectivity index (χ3n) is 3.70. The van der Waals surface area contributed by atoms with Crippen LogP contribution in [-0.2, 0) is 23.0 Å². The van der Waals surface area contributed by atoms with E-state index < -0.39 is 10.0 Å². The first-order valence-corrected chi connectivity index (χ1v) is 9.57. The van der Waals surface area contributed by atoms with Crippen molar-refractivity contribution in [1.82, 2.24) is 4.31 Å². The molecular formula is C14H15BrN2O2S2. The lowest BCUT2D eigenvalue weighted by Crippen LogP contribution is -2.36. The molecule has 4 nitrogen and oxygen atoms in total. The summed E-state index contributed by atoms with van der Waals surface area (Å²) in [6.07, 6.45) is 0.700. The quantitative estimate of drug-likeness (QED) is 0.806. The van der Waals surface area contributed by atoms with Gasteiger partial charge in [0, 0.05) is 18.8 Å². The molecule has 3 rings (SSSR count). The average Bonchev–Trinajstić information content (AvgIpc) is 2.79. The van der Waals surface area contributed by atoms with Crippen molar-refractivity contribution in [3.05, 3.63) is 44.7 Å². The van der Waals surface area contributed by atoms with Crippen LogP contribution >= 0.6 is 27.3 Å². The number of sulfonamides is 1. The molecule has 112 valence electrons. The second-order valence-corrected chi connectivity index (χ2v) is 9.63. The Balaban J connectivity index is 1.97. The maximum Gasteiger partial charge on any atom is 0.252 e. The Labute approximate surface area is 136 Å². The number of anilines is 1. The van der Waals surface area contributed by atoms with Crippen LogP contribution in [0.25, 0.3) is 0 Å². The van der Waals surface area contributed by atoms with E-state index in [4.69, 9.17) is 5.73 Å². The molecule has 1 aromatic heterocycles. The Morgan fingerprint density at radius 2 is 2.14 bits per heavy atom. The molecule has 0 fully saturated rings. The lowest BCUT2D eigenvalue weighted by molar-refractivity contribution is 0.393. The summed E-state index contributed by atoms with van der Waals surface area (Å²) in [5.74, 6) is 0. The molecule has 0 bridgehead atoms. The van der Waals surface area contributed by atoms with Crippen LogP contribution in [-0.4, -0.2) is 19.3 Å². The zero-order valence-electron chi connectivity index (χ0n) is 11.5. The van der Waals surface area contributed by atoms with Gasteiger partial charge in [0.15, 0.2) is 0 Å². The number of nitrogens with two attached hydrogens (primary N) is 1. The van der Waals surface area contributed by atoms with Crippen molar-refractivity contribution in [2.45, 2.75) is 24.1 Å². The van der Waals surface area contributed by atoms with E-state index in [1.165, 1.54) is 15.6 Å². The van der Waals surface area contributed by atoms with Crippen LogP contribution in [0.2, 0.25) is 0 Å². The third-order valence-corrected chi connectivity index (χ3v) is 8.13. The molecule has 0 aliphatic carbocycles. The van der Waals surface area contributed by atoms with Gasteiger partial charge in [-0.3, -0.25) is 0 Å². The summed E-state index contributed by atoms with van der Waals surface area (Å²) in [5, 5.41) is 0. The summed E-state index contributed by atoms with van der Waals surface area (Å²) in [6, 6.07) is 7.47. The second kappa shape index (κ2) is 5.39. The van der Waals surface area contributed by atoms with Gasteiger partial charge in [-0.1, -0.05) is 12.1 Å². The van der Waals surface area contributed by atoms with Crippen molar-refractivity contribution in [1.29, 1.82) is 0 Å². The number of halogens is 1. The number of hydrogen-bond acceptors (Lipinski definition) is 4. The van der Waals surface area contributed by atoms with Crippen LogP contribution in [0.1, 0.15) is 16.7 Å². The van der Waals surface area contributed by atoms with Crippen molar-refractivity contribution in [2.75, 3.05) is 12.3 Å². The predicted octanol–water partition coefficient (Wildman–Crippen LogP) is 3.15. The Hall–Kier alpha value is -0.890. The van der Waals surface area contributed by atoms with Gasteiger partial charge in [-0.15, -0.1) is 11.3 Å². The molecule has 1 aliphatic heterocycles.